The lowest BCUT2D eigenvalue weighted by atomic mass is 10.0. The van der Waals surface area contributed by atoms with E-state index in [1.54, 1.807) is 25.3 Å². The van der Waals surface area contributed by atoms with Crippen molar-refractivity contribution < 1.29 is 14.3 Å². The molecule has 5 heteroatoms. The van der Waals surface area contributed by atoms with E-state index in [1.807, 2.05) is 13.8 Å². The van der Waals surface area contributed by atoms with E-state index in [9.17, 15) is 4.79 Å². The highest BCUT2D eigenvalue weighted by Gasteiger charge is 2.25. The second-order valence-electron chi connectivity index (χ2n) is 4.54. The Morgan fingerprint density at radius 2 is 2.05 bits per heavy atom. The van der Waals surface area contributed by atoms with E-state index in [2.05, 4.69) is 21.2 Å². The first-order valence-corrected chi connectivity index (χ1v) is 7.23. The molecule has 0 aromatic heterocycles. The van der Waals surface area contributed by atoms with E-state index in [4.69, 9.17) is 9.47 Å². The number of para-hydroxylation sites is 1. The summed E-state index contributed by atoms with van der Waals surface area (Å²) in [4.78, 5) is 12.4. The Balaban J connectivity index is 3.06. The average molecular weight is 330 g/mol. The first-order valence-electron chi connectivity index (χ1n) is 6.10. The topological polar surface area (TPSA) is 47.6 Å². The molecule has 0 saturated heterocycles. The van der Waals surface area contributed by atoms with Gasteiger partial charge < -0.3 is 14.8 Å². The van der Waals surface area contributed by atoms with Gasteiger partial charge in [-0.05, 0) is 25.5 Å². The Morgan fingerprint density at radius 1 is 1.37 bits per heavy atom. The van der Waals surface area contributed by atoms with Crippen molar-refractivity contribution >= 4 is 21.8 Å². The summed E-state index contributed by atoms with van der Waals surface area (Å²) in [5.41, 5.74) is 0.188. The minimum atomic E-state index is -0.287. The lowest BCUT2D eigenvalue weighted by Crippen LogP contribution is -2.47. The molecule has 1 amide bonds. The number of carbonyl (C=O) groups is 1. The van der Waals surface area contributed by atoms with Gasteiger partial charge in [-0.15, -0.1) is 0 Å². The van der Waals surface area contributed by atoms with E-state index < -0.39 is 0 Å². The average Bonchev–Trinajstić information content (AvgIpc) is 2.45. The molecule has 1 N–H and O–H groups in total. The van der Waals surface area contributed by atoms with Crippen molar-refractivity contribution in [1.82, 2.24) is 5.32 Å². The number of rotatable bonds is 6. The second kappa shape index (κ2) is 6.80. The molecular formula is C14H20BrNO3. The zero-order valence-electron chi connectivity index (χ0n) is 11.7. The van der Waals surface area contributed by atoms with Crippen LogP contribution in [0.3, 0.4) is 0 Å². The molecule has 0 saturated carbocycles. The fraction of sp³-hybridized carbons (Fsp3) is 0.500. The van der Waals surface area contributed by atoms with Gasteiger partial charge in [0.05, 0.1) is 19.8 Å². The molecule has 0 heterocycles. The Hall–Kier alpha value is -1.23. The molecule has 1 unspecified atom stereocenters. The number of amides is 1. The van der Waals surface area contributed by atoms with Crippen molar-refractivity contribution in [2.75, 3.05) is 19.5 Å². The maximum absolute atomic E-state index is 12.4. The van der Waals surface area contributed by atoms with Crippen LogP contribution in [0, 0.1) is 0 Å². The van der Waals surface area contributed by atoms with Crippen molar-refractivity contribution in [3.8, 4) is 11.5 Å². The molecule has 1 aromatic rings. The summed E-state index contributed by atoms with van der Waals surface area (Å²) < 4.78 is 10.5. The summed E-state index contributed by atoms with van der Waals surface area (Å²) in [6, 6.07) is 5.26. The Labute approximate surface area is 122 Å². The minimum Gasteiger partial charge on any atom is -0.493 e. The normalized spacial score (nSPS) is 13.5. The third-order valence-corrected chi connectivity index (χ3v) is 4.38. The summed E-state index contributed by atoms with van der Waals surface area (Å²) in [5.74, 6) is 0.835. The lowest BCUT2D eigenvalue weighted by molar-refractivity contribution is 0.0909. The first kappa shape index (κ1) is 15.8. The van der Waals surface area contributed by atoms with Gasteiger partial charge in [-0.2, -0.15) is 0 Å². The third kappa shape index (κ3) is 3.62. The largest absolute Gasteiger partial charge is 0.493 e. The first-order chi connectivity index (χ1) is 9.01. The summed E-state index contributed by atoms with van der Waals surface area (Å²) in [5, 5.41) is 3.70. The van der Waals surface area contributed by atoms with Crippen LogP contribution in [-0.4, -0.2) is 31.0 Å². The number of halogens is 1. The predicted molar refractivity (Wildman–Crippen MR) is 79.5 cm³/mol. The van der Waals surface area contributed by atoms with Gasteiger partial charge >= 0.3 is 0 Å². The third-order valence-electron chi connectivity index (χ3n) is 3.14. The van der Waals surface area contributed by atoms with Gasteiger partial charge in [0.25, 0.3) is 5.91 Å². The molecule has 0 spiro atoms. The molecule has 1 rings (SSSR count). The Kier molecular flexibility index (Phi) is 5.66. The number of benzene rings is 1. The van der Waals surface area contributed by atoms with Crippen LogP contribution in [0.25, 0.3) is 0 Å². The molecule has 0 fully saturated rings. The van der Waals surface area contributed by atoms with Crippen LogP contribution in [0.4, 0.5) is 0 Å². The van der Waals surface area contributed by atoms with Crippen molar-refractivity contribution in [3.05, 3.63) is 23.8 Å². The van der Waals surface area contributed by atoms with Crippen molar-refractivity contribution in [1.29, 1.82) is 0 Å². The molecule has 4 nitrogen and oxygen atoms in total. The Morgan fingerprint density at radius 3 is 2.53 bits per heavy atom. The van der Waals surface area contributed by atoms with Crippen LogP contribution in [0.5, 0.6) is 11.5 Å². The highest BCUT2D eigenvalue weighted by Crippen LogP contribution is 2.31. The van der Waals surface area contributed by atoms with E-state index >= 15 is 0 Å². The fourth-order valence-electron chi connectivity index (χ4n) is 1.62. The highest BCUT2D eigenvalue weighted by atomic mass is 79.9. The van der Waals surface area contributed by atoms with Gasteiger partial charge in [-0.1, -0.05) is 28.9 Å². The molecule has 0 bridgehead atoms. The minimum absolute atomic E-state index is 0.167. The quantitative estimate of drug-likeness (QED) is 0.816. The van der Waals surface area contributed by atoms with Gasteiger partial charge in [0.15, 0.2) is 11.5 Å². The van der Waals surface area contributed by atoms with Crippen molar-refractivity contribution in [3.63, 3.8) is 0 Å². The molecule has 0 aliphatic heterocycles. The molecule has 0 radical (unpaired) electrons. The summed E-state index contributed by atoms with van der Waals surface area (Å²) in [7, 11) is 3.08. The predicted octanol–water partition coefficient (Wildman–Crippen LogP) is 3.00. The number of alkyl halides is 1. The van der Waals surface area contributed by atoms with Gasteiger partial charge in [-0.25, -0.2) is 0 Å². The number of nitrogens with one attached hydrogen (secondary N) is 1. The standard InChI is InChI=1S/C14H20BrNO3/c1-5-14(2,9-15)16-13(17)10-7-6-8-11(18-3)12(10)19-4/h6-8H,5,9H2,1-4H3,(H,16,17). The Bertz CT molecular complexity index is 444. The summed E-state index contributed by atoms with van der Waals surface area (Å²) in [6.07, 6.45) is 0.830. The van der Waals surface area contributed by atoms with Crippen molar-refractivity contribution in [2.24, 2.45) is 0 Å². The van der Waals surface area contributed by atoms with Gasteiger partial charge in [0, 0.05) is 10.9 Å². The van der Waals surface area contributed by atoms with E-state index in [0.717, 1.165) is 6.42 Å². The smallest absolute Gasteiger partial charge is 0.255 e. The summed E-state index contributed by atoms with van der Waals surface area (Å²) in [6.45, 7) is 4.02. The zero-order valence-corrected chi connectivity index (χ0v) is 13.3. The fourth-order valence-corrected chi connectivity index (χ4v) is 2.16. The van der Waals surface area contributed by atoms with Gasteiger partial charge in [0.1, 0.15) is 0 Å². The molecule has 106 valence electrons. The van der Waals surface area contributed by atoms with Gasteiger partial charge in [0.2, 0.25) is 0 Å². The van der Waals surface area contributed by atoms with Crippen LogP contribution in [0.2, 0.25) is 0 Å². The summed E-state index contributed by atoms with van der Waals surface area (Å²) >= 11 is 3.43. The maximum Gasteiger partial charge on any atom is 0.255 e. The molecule has 1 atom stereocenters. The molecule has 0 aliphatic rings. The zero-order chi connectivity index (χ0) is 14.5. The maximum atomic E-state index is 12.4. The van der Waals surface area contributed by atoms with Crippen LogP contribution in [-0.2, 0) is 0 Å². The monoisotopic (exact) mass is 329 g/mol. The number of hydrogen-bond donors (Lipinski definition) is 1. The highest BCUT2D eigenvalue weighted by molar-refractivity contribution is 9.09. The molecule has 0 aliphatic carbocycles. The molecule has 1 aromatic carbocycles. The lowest BCUT2D eigenvalue weighted by Gasteiger charge is -2.27. The SMILES string of the molecule is CCC(C)(CBr)NC(=O)c1cccc(OC)c1OC. The number of carbonyl (C=O) groups excluding carboxylic acids is 1. The number of ether oxygens (including phenoxy) is 2. The number of methoxy groups -OCH3 is 2. The van der Waals surface area contributed by atoms with Crippen LogP contribution < -0.4 is 14.8 Å². The van der Waals surface area contributed by atoms with Crippen LogP contribution in [0.1, 0.15) is 30.6 Å². The van der Waals surface area contributed by atoms with E-state index in [-0.39, 0.29) is 11.4 Å². The second-order valence-corrected chi connectivity index (χ2v) is 5.10. The van der Waals surface area contributed by atoms with Crippen LogP contribution in [0.15, 0.2) is 18.2 Å². The molecular weight excluding hydrogens is 310 g/mol. The van der Waals surface area contributed by atoms with Gasteiger partial charge in [-0.3, -0.25) is 4.79 Å². The number of hydrogen-bond acceptors (Lipinski definition) is 3. The molecule has 19 heavy (non-hydrogen) atoms. The van der Waals surface area contributed by atoms with Crippen LogP contribution >= 0.6 is 15.9 Å². The van der Waals surface area contributed by atoms with Crippen molar-refractivity contribution in [2.45, 2.75) is 25.8 Å². The van der Waals surface area contributed by atoms with E-state index in [0.29, 0.717) is 22.4 Å². The van der Waals surface area contributed by atoms with E-state index in [1.165, 1.54) is 7.11 Å².